The van der Waals surface area contributed by atoms with Crippen molar-refractivity contribution >= 4 is 34.9 Å². The molecule has 3 rings (SSSR count). The molecule has 1 aromatic heterocycles. The summed E-state index contributed by atoms with van der Waals surface area (Å²) in [5, 5.41) is 4.15. The molecule has 0 bridgehead atoms. The number of carbonyl (C=O) groups is 1. The van der Waals surface area contributed by atoms with Gasteiger partial charge < -0.3 is 16.0 Å². The Bertz CT molecular complexity index is 678. The first-order valence-electron chi connectivity index (χ1n) is 7.65. The van der Waals surface area contributed by atoms with Gasteiger partial charge in [0.1, 0.15) is 0 Å². The van der Waals surface area contributed by atoms with Gasteiger partial charge in [-0.05, 0) is 51.0 Å². The monoisotopic (exact) mass is 321 g/mol. The van der Waals surface area contributed by atoms with Gasteiger partial charge in [0, 0.05) is 27.8 Å². The fraction of sp³-hybridized carbons (Fsp3) is 0.471. The lowest BCUT2D eigenvalue weighted by Crippen LogP contribution is -2.51. The second-order valence-electron chi connectivity index (χ2n) is 6.55. The number of halogens is 1. The average molecular weight is 322 g/mol. The SMILES string of the molecule is Cc1cc2cc(NC(=O)C3CCCCC3(C)N)ccc2[nH]1.Cl. The molecule has 1 aromatic carbocycles. The van der Waals surface area contributed by atoms with Gasteiger partial charge in [-0.25, -0.2) is 0 Å². The molecular formula is C17H24ClN3O. The number of nitrogens with two attached hydrogens (primary N) is 1. The number of rotatable bonds is 2. The van der Waals surface area contributed by atoms with Crippen molar-refractivity contribution in [3.05, 3.63) is 30.0 Å². The van der Waals surface area contributed by atoms with Crippen LogP contribution >= 0.6 is 12.4 Å². The number of anilines is 1. The van der Waals surface area contributed by atoms with Crippen molar-refractivity contribution in [1.29, 1.82) is 0 Å². The van der Waals surface area contributed by atoms with Crippen LogP contribution in [-0.2, 0) is 4.79 Å². The van der Waals surface area contributed by atoms with Gasteiger partial charge in [-0.1, -0.05) is 12.8 Å². The molecule has 2 unspecified atom stereocenters. The Hall–Kier alpha value is -1.52. The Morgan fingerprint density at radius 2 is 2.14 bits per heavy atom. The number of aromatic amines is 1. The van der Waals surface area contributed by atoms with Crippen LogP contribution in [0, 0.1) is 12.8 Å². The molecule has 0 aliphatic heterocycles. The van der Waals surface area contributed by atoms with Crippen LogP contribution in [-0.4, -0.2) is 16.4 Å². The smallest absolute Gasteiger partial charge is 0.229 e. The molecular weight excluding hydrogens is 298 g/mol. The number of fused-ring (bicyclic) bond motifs is 1. The summed E-state index contributed by atoms with van der Waals surface area (Å²) in [6.07, 6.45) is 4.00. The van der Waals surface area contributed by atoms with Crippen molar-refractivity contribution in [2.45, 2.75) is 45.1 Å². The maximum Gasteiger partial charge on any atom is 0.229 e. The third-order valence-corrected chi connectivity index (χ3v) is 4.59. The van der Waals surface area contributed by atoms with Crippen LogP contribution in [0.2, 0.25) is 0 Å². The maximum atomic E-state index is 12.5. The van der Waals surface area contributed by atoms with Crippen LogP contribution in [0.15, 0.2) is 24.3 Å². The Morgan fingerprint density at radius 3 is 2.86 bits per heavy atom. The van der Waals surface area contributed by atoms with Crippen molar-refractivity contribution in [2.24, 2.45) is 11.7 Å². The number of H-pyrrole nitrogens is 1. The summed E-state index contributed by atoms with van der Waals surface area (Å²) in [4.78, 5) is 15.8. The zero-order chi connectivity index (χ0) is 15.0. The van der Waals surface area contributed by atoms with Gasteiger partial charge in [0.25, 0.3) is 0 Å². The molecule has 1 aliphatic carbocycles. The third kappa shape index (κ3) is 3.28. The first kappa shape index (κ1) is 16.8. The van der Waals surface area contributed by atoms with Gasteiger partial charge in [-0.3, -0.25) is 4.79 Å². The molecule has 1 heterocycles. The summed E-state index contributed by atoms with van der Waals surface area (Å²) in [5.74, 6) is -0.0544. The van der Waals surface area contributed by atoms with Crippen LogP contribution in [0.5, 0.6) is 0 Å². The van der Waals surface area contributed by atoms with E-state index >= 15 is 0 Å². The lowest BCUT2D eigenvalue weighted by molar-refractivity contribution is -0.122. The molecule has 1 saturated carbocycles. The fourth-order valence-electron chi connectivity index (χ4n) is 3.37. The predicted octanol–water partition coefficient (Wildman–Crippen LogP) is 3.74. The summed E-state index contributed by atoms with van der Waals surface area (Å²) in [6, 6.07) is 8.03. The van der Waals surface area contributed by atoms with E-state index in [2.05, 4.69) is 16.4 Å². The van der Waals surface area contributed by atoms with E-state index in [0.29, 0.717) is 0 Å². The molecule has 0 radical (unpaired) electrons. The van der Waals surface area contributed by atoms with E-state index in [4.69, 9.17) is 5.73 Å². The van der Waals surface area contributed by atoms with Gasteiger partial charge in [-0.15, -0.1) is 12.4 Å². The first-order valence-corrected chi connectivity index (χ1v) is 7.65. The van der Waals surface area contributed by atoms with Crippen molar-refractivity contribution in [3.63, 3.8) is 0 Å². The van der Waals surface area contributed by atoms with E-state index in [1.54, 1.807) is 0 Å². The molecule has 0 saturated heterocycles. The summed E-state index contributed by atoms with van der Waals surface area (Å²) >= 11 is 0. The second kappa shape index (κ2) is 6.31. The Balaban J connectivity index is 0.00000176. The number of aryl methyl sites for hydroxylation is 1. The normalized spacial score (nSPS) is 24.8. The van der Waals surface area contributed by atoms with Gasteiger partial charge in [0.15, 0.2) is 0 Å². The number of aromatic nitrogens is 1. The standard InChI is InChI=1S/C17H23N3O.ClH/c1-11-9-12-10-13(6-7-15(12)19-11)20-16(21)14-5-3-4-8-17(14,2)18;/h6-7,9-10,14,19H,3-5,8,18H2,1-2H3,(H,20,21);1H. The quantitative estimate of drug-likeness (QED) is 0.788. The predicted molar refractivity (Wildman–Crippen MR) is 93.5 cm³/mol. The first-order chi connectivity index (χ1) is 9.95. The zero-order valence-electron chi connectivity index (χ0n) is 13.1. The number of carbonyl (C=O) groups excluding carboxylic acids is 1. The highest BCUT2D eigenvalue weighted by atomic mass is 35.5. The second-order valence-corrected chi connectivity index (χ2v) is 6.55. The molecule has 22 heavy (non-hydrogen) atoms. The van der Waals surface area contributed by atoms with Crippen molar-refractivity contribution in [2.75, 3.05) is 5.32 Å². The van der Waals surface area contributed by atoms with Crippen LogP contribution in [0.4, 0.5) is 5.69 Å². The van der Waals surface area contributed by atoms with Gasteiger partial charge in [0.2, 0.25) is 5.91 Å². The van der Waals surface area contributed by atoms with E-state index in [0.717, 1.165) is 48.0 Å². The Kier molecular flexibility index (Phi) is 4.83. The molecule has 5 heteroatoms. The fourth-order valence-corrected chi connectivity index (χ4v) is 3.37. The topological polar surface area (TPSA) is 70.9 Å². The van der Waals surface area contributed by atoms with Crippen molar-refractivity contribution in [3.8, 4) is 0 Å². The maximum absolute atomic E-state index is 12.5. The summed E-state index contributed by atoms with van der Waals surface area (Å²) in [7, 11) is 0. The molecule has 2 atom stereocenters. The highest BCUT2D eigenvalue weighted by Gasteiger charge is 2.37. The highest BCUT2D eigenvalue weighted by Crippen LogP contribution is 2.32. The minimum Gasteiger partial charge on any atom is -0.359 e. The molecule has 0 spiro atoms. The van der Waals surface area contributed by atoms with Gasteiger partial charge in [0.05, 0.1) is 5.92 Å². The molecule has 1 fully saturated rings. The molecule has 120 valence electrons. The van der Waals surface area contributed by atoms with E-state index in [1.807, 2.05) is 32.0 Å². The molecule has 1 amide bonds. The van der Waals surface area contributed by atoms with E-state index in [9.17, 15) is 4.79 Å². The summed E-state index contributed by atoms with van der Waals surface area (Å²) in [6.45, 7) is 4.02. The number of hydrogen-bond acceptors (Lipinski definition) is 2. The number of nitrogens with one attached hydrogen (secondary N) is 2. The van der Waals surface area contributed by atoms with Crippen molar-refractivity contribution in [1.82, 2.24) is 4.98 Å². The minimum atomic E-state index is -0.392. The Morgan fingerprint density at radius 1 is 1.36 bits per heavy atom. The molecule has 1 aliphatic rings. The minimum absolute atomic E-state index is 0. The van der Waals surface area contributed by atoms with Crippen LogP contribution in [0.1, 0.15) is 38.3 Å². The van der Waals surface area contributed by atoms with Crippen molar-refractivity contribution < 1.29 is 4.79 Å². The van der Waals surface area contributed by atoms with Crippen LogP contribution < -0.4 is 11.1 Å². The van der Waals surface area contributed by atoms with E-state index < -0.39 is 5.54 Å². The molecule has 4 N–H and O–H groups in total. The molecule has 2 aromatic rings. The summed E-state index contributed by atoms with van der Waals surface area (Å²) < 4.78 is 0. The van der Waals surface area contributed by atoms with Gasteiger partial charge in [-0.2, -0.15) is 0 Å². The number of hydrogen-bond donors (Lipinski definition) is 3. The van der Waals surface area contributed by atoms with Gasteiger partial charge >= 0.3 is 0 Å². The highest BCUT2D eigenvalue weighted by molar-refractivity contribution is 5.96. The number of amides is 1. The molecule has 4 nitrogen and oxygen atoms in total. The largest absolute Gasteiger partial charge is 0.359 e. The van der Waals surface area contributed by atoms with E-state index in [-0.39, 0.29) is 24.2 Å². The average Bonchev–Trinajstić information content (AvgIpc) is 2.77. The van der Waals surface area contributed by atoms with Crippen LogP contribution in [0.25, 0.3) is 10.9 Å². The lowest BCUT2D eigenvalue weighted by Gasteiger charge is -2.37. The third-order valence-electron chi connectivity index (χ3n) is 4.59. The lowest BCUT2D eigenvalue weighted by atomic mass is 9.74. The van der Waals surface area contributed by atoms with E-state index in [1.165, 1.54) is 0 Å². The summed E-state index contributed by atoms with van der Waals surface area (Å²) in [5.41, 5.74) is 8.96. The number of benzene rings is 1. The zero-order valence-corrected chi connectivity index (χ0v) is 13.9. The Labute approximate surface area is 137 Å². The van der Waals surface area contributed by atoms with Crippen LogP contribution in [0.3, 0.4) is 0 Å².